The Morgan fingerprint density at radius 1 is 1.31 bits per heavy atom. The molecule has 1 N–H and O–H groups in total. The van der Waals surface area contributed by atoms with Crippen molar-refractivity contribution in [2.75, 3.05) is 6.61 Å². The minimum atomic E-state index is -1.06. The van der Waals surface area contributed by atoms with Crippen LogP contribution < -0.4 is 0 Å². The van der Waals surface area contributed by atoms with Crippen LogP contribution in [0.4, 0.5) is 0 Å². The zero-order valence-electron chi connectivity index (χ0n) is 8.84. The van der Waals surface area contributed by atoms with Crippen LogP contribution in [0, 0.1) is 0 Å². The number of carbonyl (C=O) groups excluding carboxylic acids is 1. The van der Waals surface area contributed by atoms with Crippen LogP contribution in [-0.2, 0) is 14.3 Å². The maximum atomic E-state index is 10.7. The summed E-state index contributed by atoms with van der Waals surface area (Å²) in [6, 6.07) is 8.93. The third-order valence-electron chi connectivity index (χ3n) is 1.87. The normalized spacial score (nSPS) is 10.9. The Morgan fingerprint density at radius 3 is 2.44 bits per heavy atom. The number of carboxylic acid groups (broad SMARTS) is 1. The lowest BCUT2D eigenvalue weighted by molar-refractivity contribution is -0.139. The van der Waals surface area contributed by atoms with E-state index in [4.69, 9.17) is 9.84 Å². The summed E-state index contributed by atoms with van der Waals surface area (Å²) in [6.07, 6.45) is 1.04. The van der Waals surface area contributed by atoms with E-state index in [-0.39, 0.29) is 6.61 Å². The van der Waals surface area contributed by atoms with Crippen LogP contribution in [0.15, 0.2) is 36.4 Å². The van der Waals surface area contributed by atoms with E-state index in [1.807, 2.05) is 6.07 Å². The van der Waals surface area contributed by atoms with E-state index < -0.39 is 11.9 Å². The van der Waals surface area contributed by atoms with E-state index in [2.05, 4.69) is 0 Å². The summed E-state index contributed by atoms with van der Waals surface area (Å²) in [5.41, 5.74) is 1.19. The summed E-state index contributed by atoms with van der Waals surface area (Å²) in [5, 5.41) is 8.69. The van der Waals surface area contributed by atoms with Crippen LogP contribution >= 0.6 is 0 Å². The molecule has 4 heteroatoms. The summed E-state index contributed by atoms with van der Waals surface area (Å²) >= 11 is 0. The average molecular weight is 220 g/mol. The molecule has 16 heavy (non-hydrogen) atoms. The summed E-state index contributed by atoms with van der Waals surface area (Å²) in [4.78, 5) is 21.3. The van der Waals surface area contributed by atoms with Gasteiger partial charge in [-0.1, -0.05) is 30.3 Å². The highest BCUT2D eigenvalue weighted by Crippen LogP contribution is 2.14. The molecule has 1 rings (SSSR count). The molecule has 0 aliphatic rings. The van der Waals surface area contributed by atoms with Gasteiger partial charge in [-0.3, -0.25) is 4.79 Å². The second-order valence-electron chi connectivity index (χ2n) is 3.15. The van der Waals surface area contributed by atoms with Crippen molar-refractivity contribution in [2.24, 2.45) is 0 Å². The number of benzene rings is 1. The number of hydrogen-bond donors (Lipinski definition) is 1. The van der Waals surface area contributed by atoms with Gasteiger partial charge >= 0.3 is 11.9 Å². The first-order valence-electron chi connectivity index (χ1n) is 4.72. The van der Waals surface area contributed by atoms with Crippen LogP contribution in [0.5, 0.6) is 0 Å². The van der Waals surface area contributed by atoms with Crippen molar-refractivity contribution in [3.63, 3.8) is 0 Å². The average Bonchev–Trinajstić information content (AvgIpc) is 2.25. The van der Waals surface area contributed by atoms with E-state index in [1.165, 1.54) is 6.92 Å². The van der Waals surface area contributed by atoms with E-state index in [9.17, 15) is 9.59 Å². The second kappa shape index (κ2) is 5.70. The molecule has 4 nitrogen and oxygen atoms in total. The molecule has 0 unspecified atom stereocenters. The second-order valence-corrected chi connectivity index (χ2v) is 3.15. The summed E-state index contributed by atoms with van der Waals surface area (Å²) in [7, 11) is 0. The third kappa shape index (κ3) is 3.96. The molecule has 0 bridgehead atoms. The van der Waals surface area contributed by atoms with Crippen molar-refractivity contribution in [3.05, 3.63) is 42.0 Å². The minimum Gasteiger partial charge on any atom is -0.478 e. The fraction of sp³-hybridized carbons (Fsp3) is 0.167. The molecule has 84 valence electrons. The molecule has 1 aromatic carbocycles. The van der Waals surface area contributed by atoms with Gasteiger partial charge in [-0.2, -0.15) is 0 Å². The predicted molar refractivity (Wildman–Crippen MR) is 58.7 cm³/mol. The highest BCUT2D eigenvalue weighted by atomic mass is 16.5. The van der Waals surface area contributed by atoms with Crippen LogP contribution in [-0.4, -0.2) is 23.7 Å². The molecule has 0 aliphatic heterocycles. The molecule has 0 amide bonds. The zero-order chi connectivity index (χ0) is 12.0. The fourth-order valence-corrected chi connectivity index (χ4v) is 1.19. The Bertz CT molecular complexity index is 406. The Hall–Kier alpha value is -2.10. The molecule has 0 aliphatic carbocycles. The molecule has 0 spiro atoms. The minimum absolute atomic E-state index is 0.0361. The highest BCUT2D eigenvalue weighted by Gasteiger charge is 2.05. The van der Waals surface area contributed by atoms with Gasteiger partial charge < -0.3 is 9.84 Å². The Balaban J connectivity index is 2.88. The Labute approximate surface area is 93.2 Å². The summed E-state index contributed by atoms with van der Waals surface area (Å²) < 4.78 is 4.79. The summed E-state index contributed by atoms with van der Waals surface area (Å²) in [5.74, 6) is -1.50. The molecule has 0 heterocycles. The van der Waals surface area contributed by atoms with Crippen LogP contribution in [0.3, 0.4) is 0 Å². The molecule has 0 aromatic heterocycles. The third-order valence-corrected chi connectivity index (χ3v) is 1.87. The monoisotopic (exact) mass is 220 g/mol. The maximum Gasteiger partial charge on any atom is 0.328 e. The maximum absolute atomic E-state index is 10.7. The smallest absolute Gasteiger partial charge is 0.328 e. The van der Waals surface area contributed by atoms with Crippen LogP contribution in [0.25, 0.3) is 5.57 Å². The zero-order valence-corrected chi connectivity index (χ0v) is 8.84. The molecule has 0 saturated carbocycles. The van der Waals surface area contributed by atoms with Crippen molar-refractivity contribution in [1.29, 1.82) is 0 Å². The lowest BCUT2D eigenvalue weighted by Crippen LogP contribution is -2.04. The molecule has 0 fully saturated rings. The fourth-order valence-electron chi connectivity index (χ4n) is 1.19. The largest absolute Gasteiger partial charge is 0.478 e. The quantitative estimate of drug-likeness (QED) is 0.619. The van der Waals surface area contributed by atoms with Crippen molar-refractivity contribution in [2.45, 2.75) is 6.92 Å². The van der Waals surface area contributed by atoms with Crippen molar-refractivity contribution >= 4 is 17.5 Å². The van der Waals surface area contributed by atoms with Gasteiger partial charge in [-0.25, -0.2) is 4.79 Å². The van der Waals surface area contributed by atoms with Crippen molar-refractivity contribution in [1.82, 2.24) is 0 Å². The molecule has 0 saturated heterocycles. The van der Waals surface area contributed by atoms with Gasteiger partial charge in [0.05, 0.1) is 0 Å². The topological polar surface area (TPSA) is 63.6 Å². The number of ether oxygens (including phenoxy) is 1. The molecular formula is C12H12O4. The van der Waals surface area contributed by atoms with E-state index >= 15 is 0 Å². The number of rotatable bonds is 4. The van der Waals surface area contributed by atoms with Crippen LogP contribution in [0.1, 0.15) is 12.5 Å². The van der Waals surface area contributed by atoms with Crippen LogP contribution in [0.2, 0.25) is 0 Å². The predicted octanol–water partition coefficient (Wildman–Crippen LogP) is 1.72. The molecule has 0 radical (unpaired) electrons. The number of hydrogen-bond acceptors (Lipinski definition) is 3. The Morgan fingerprint density at radius 2 is 1.94 bits per heavy atom. The van der Waals surface area contributed by atoms with E-state index in [0.29, 0.717) is 5.57 Å². The van der Waals surface area contributed by atoms with Gasteiger partial charge in [0, 0.05) is 18.6 Å². The van der Waals surface area contributed by atoms with Gasteiger partial charge in [-0.15, -0.1) is 0 Å². The van der Waals surface area contributed by atoms with Gasteiger partial charge in [0.2, 0.25) is 0 Å². The highest BCUT2D eigenvalue weighted by molar-refractivity contribution is 5.90. The SMILES string of the molecule is CC(=O)OCC(=CC(=O)O)c1ccccc1. The van der Waals surface area contributed by atoms with Gasteiger partial charge in [0.25, 0.3) is 0 Å². The molecule has 1 aromatic rings. The number of carbonyl (C=O) groups is 2. The standard InChI is InChI=1S/C12H12O4/c1-9(13)16-8-11(7-12(14)15)10-5-3-2-4-6-10/h2-7H,8H2,1H3,(H,14,15). The summed E-state index contributed by atoms with van der Waals surface area (Å²) in [6.45, 7) is 1.25. The van der Waals surface area contributed by atoms with Crippen molar-refractivity contribution < 1.29 is 19.4 Å². The van der Waals surface area contributed by atoms with E-state index in [1.54, 1.807) is 24.3 Å². The lowest BCUT2D eigenvalue weighted by Gasteiger charge is -2.06. The number of esters is 1. The van der Waals surface area contributed by atoms with Gasteiger partial charge in [0.15, 0.2) is 0 Å². The number of carboxylic acids is 1. The first-order chi connectivity index (χ1) is 7.59. The molecule has 0 atom stereocenters. The first-order valence-corrected chi connectivity index (χ1v) is 4.72. The number of aliphatic carboxylic acids is 1. The van der Waals surface area contributed by atoms with Crippen molar-refractivity contribution in [3.8, 4) is 0 Å². The Kier molecular flexibility index (Phi) is 4.27. The van der Waals surface area contributed by atoms with Gasteiger partial charge in [-0.05, 0) is 5.56 Å². The van der Waals surface area contributed by atoms with E-state index in [0.717, 1.165) is 11.6 Å². The van der Waals surface area contributed by atoms with Gasteiger partial charge in [0.1, 0.15) is 6.61 Å². The molecular weight excluding hydrogens is 208 g/mol. The first kappa shape index (κ1) is 12.0. The lowest BCUT2D eigenvalue weighted by atomic mass is 10.1.